The molecule has 2 heterocycles. The number of nitrogens with one attached hydrogen (secondary N) is 1. The molecule has 2 amide bonds. The molecule has 2 aromatic rings. The lowest BCUT2D eigenvalue weighted by molar-refractivity contribution is -0.139. The van der Waals surface area contributed by atoms with Crippen molar-refractivity contribution in [2.24, 2.45) is 5.73 Å². The van der Waals surface area contributed by atoms with Crippen LogP contribution in [0.4, 0.5) is 0 Å². The number of aromatic nitrogens is 2. The number of primary amides is 1. The second-order valence-corrected chi connectivity index (χ2v) is 5.19. The maximum Gasteiger partial charge on any atom is 0.326 e. The highest BCUT2D eigenvalue weighted by atomic mass is 16.5. The molecule has 9 nitrogen and oxygen atoms in total. The zero-order valence-corrected chi connectivity index (χ0v) is 13.3. The molecule has 0 aliphatic heterocycles. The Morgan fingerprint density at radius 2 is 2.17 bits per heavy atom. The zero-order chi connectivity index (χ0) is 17.9. The number of carbonyl (C=O) groups is 3. The lowest BCUT2D eigenvalue weighted by Crippen LogP contribution is -2.42. The van der Waals surface area contributed by atoms with Crippen molar-refractivity contribution >= 4 is 23.4 Å². The summed E-state index contributed by atoms with van der Waals surface area (Å²) < 4.78 is 6.72. The Bertz CT molecular complexity index is 799. The van der Waals surface area contributed by atoms with Crippen LogP contribution in [0.25, 0.3) is 5.65 Å². The molecule has 0 aliphatic carbocycles. The van der Waals surface area contributed by atoms with E-state index >= 15 is 0 Å². The van der Waals surface area contributed by atoms with Gasteiger partial charge in [-0.3, -0.25) is 14.0 Å². The second-order valence-electron chi connectivity index (χ2n) is 5.19. The van der Waals surface area contributed by atoms with Crippen molar-refractivity contribution in [2.45, 2.75) is 25.8 Å². The molecule has 2 rings (SSSR count). The van der Waals surface area contributed by atoms with Crippen molar-refractivity contribution in [1.29, 1.82) is 0 Å². The van der Waals surface area contributed by atoms with Gasteiger partial charge in [-0.2, -0.15) is 0 Å². The smallest absolute Gasteiger partial charge is 0.326 e. The van der Waals surface area contributed by atoms with Crippen molar-refractivity contribution in [2.75, 3.05) is 7.11 Å². The Kier molecular flexibility index (Phi) is 5.02. The molecule has 0 saturated heterocycles. The van der Waals surface area contributed by atoms with Gasteiger partial charge in [0.15, 0.2) is 11.4 Å². The van der Waals surface area contributed by atoms with Crippen LogP contribution in [0.2, 0.25) is 0 Å². The molecule has 0 aliphatic rings. The van der Waals surface area contributed by atoms with Gasteiger partial charge in [-0.25, -0.2) is 9.78 Å². The molecule has 0 spiro atoms. The van der Waals surface area contributed by atoms with Gasteiger partial charge in [-0.1, -0.05) is 0 Å². The molecule has 24 heavy (non-hydrogen) atoms. The fourth-order valence-electron chi connectivity index (χ4n) is 2.36. The van der Waals surface area contributed by atoms with Crippen LogP contribution >= 0.6 is 0 Å². The quantitative estimate of drug-likeness (QED) is 0.657. The number of amides is 2. The first-order chi connectivity index (χ1) is 11.3. The first kappa shape index (κ1) is 17.3. The van der Waals surface area contributed by atoms with Crippen LogP contribution in [-0.4, -0.2) is 45.4 Å². The van der Waals surface area contributed by atoms with Gasteiger partial charge in [0.25, 0.3) is 5.91 Å². The maximum atomic E-state index is 12.5. The van der Waals surface area contributed by atoms with Crippen LogP contribution in [0.1, 0.15) is 29.0 Å². The normalized spacial score (nSPS) is 11.9. The van der Waals surface area contributed by atoms with E-state index in [1.807, 2.05) is 0 Å². The molecule has 0 fully saturated rings. The number of rotatable bonds is 7. The molecule has 1 atom stereocenters. The summed E-state index contributed by atoms with van der Waals surface area (Å²) in [6.07, 6.45) is 1.40. The molecular weight excluding hydrogens is 316 g/mol. The van der Waals surface area contributed by atoms with Gasteiger partial charge in [0.2, 0.25) is 5.91 Å². The highest BCUT2D eigenvalue weighted by Gasteiger charge is 2.25. The number of methoxy groups -OCH3 is 1. The summed E-state index contributed by atoms with van der Waals surface area (Å²) in [6, 6.07) is 2.17. The summed E-state index contributed by atoms with van der Waals surface area (Å²) in [5.74, 6) is -1.99. The number of nitrogens with zero attached hydrogens (tertiary/aromatic N) is 2. The standard InChI is InChI=1S/C15H18N4O5/c1-8-12(19-7-3-4-10(24-2)13(19)17-8)14(21)18-9(15(22)23)5-6-11(16)20/h3-4,7,9H,5-6H2,1-2H3,(H2,16,20)(H,18,21)(H,22,23). The van der Waals surface area contributed by atoms with E-state index in [1.165, 1.54) is 11.5 Å². The molecule has 9 heteroatoms. The number of imidazole rings is 1. The van der Waals surface area contributed by atoms with E-state index in [-0.39, 0.29) is 18.5 Å². The molecule has 4 N–H and O–H groups in total. The van der Waals surface area contributed by atoms with E-state index in [9.17, 15) is 19.5 Å². The van der Waals surface area contributed by atoms with Crippen molar-refractivity contribution < 1.29 is 24.2 Å². The number of carbonyl (C=O) groups excluding carboxylic acids is 2. The molecule has 0 bridgehead atoms. The number of carboxylic acids is 1. The molecule has 0 saturated carbocycles. The fourth-order valence-corrected chi connectivity index (χ4v) is 2.36. The zero-order valence-electron chi connectivity index (χ0n) is 13.3. The summed E-state index contributed by atoms with van der Waals surface area (Å²) in [5, 5.41) is 11.6. The number of pyridine rings is 1. The molecule has 128 valence electrons. The number of carboxylic acid groups (broad SMARTS) is 1. The first-order valence-electron chi connectivity index (χ1n) is 7.18. The van der Waals surface area contributed by atoms with Gasteiger partial charge in [0.05, 0.1) is 12.8 Å². The van der Waals surface area contributed by atoms with Gasteiger partial charge >= 0.3 is 5.97 Å². The minimum atomic E-state index is -1.24. The Hall–Kier alpha value is -3.10. The highest BCUT2D eigenvalue weighted by molar-refractivity contribution is 5.97. The van der Waals surface area contributed by atoms with E-state index in [0.717, 1.165) is 0 Å². The summed E-state index contributed by atoms with van der Waals surface area (Å²) in [5.41, 5.74) is 6.10. The topological polar surface area (TPSA) is 136 Å². The van der Waals surface area contributed by atoms with E-state index < -0.39 is 23.8 Å². The van der Waals surface area contributed by atoms with Gasteiger partial charge in [0.1, 0.15) is 11.7 Å². The Labute approximate surface area is 137 Å². The molecule has 0 aromatic carbocycles. The van der Waals surface area contributed by atoms with E-state index in [0.29, 0.717) is 17.1 Å². The third kappa shape index (κ3) is 3.45. The van der Waals surface area contributed by atoms with Crippen LogP contribution in [-0.2, 0) is 9.59 Å². The Morgan fingerprint density at radius 3 is 2.75 bits per heavy atom. The van der Waals surface area contributed by atoms with Crippen molar-refractivity contribution in [3.8, 4) is 5.75 Å². The van der Waals surface area contributed by atoms with Crippen LogP contribution in [0.5, 0.6) is 5.75 Å². The molecule has 0 radical (unpaired) electrons. The molecule has 1 unspecified atom stereocenters. The van der Waals surface area contributed by atoms with Crippen molar-refractivity contribution in [1.82, 2.24) is 14.7 Å². The van der Waals surface area contributed by atoms with Gasteiger partial charge in [0, 0.05) is 12.6 Å². The summed E-state index contributed by atoms with van der Waals surface area (Å²) >= 11 is 0. The predicted octanol–water partition coefficient (Wildman–Crippen LogP) is 0.0998. The fraction of sp³-hybridized carbons (Fsp3) is 0.333. The number of aryl methyl sites for hydroxylation is 1. The van der Waals surface area contributed by atoms with E-state index in [1.54, 1.807) is 25.3 Å². The van der Waals surface area contributed by atoms with E-state index in [4.69, 9.17) is 10.5 Å². The monoisotopic (exact) mass is 334 g/mol. The average molecular weight is 334 g/mol. The summed E-state index contributed by atoms with van der Waals surface area (Å²) in [7, 11) is 1.49. The number of nitrogens with two attached hydrogens (primary N) is 1. The number of fused-ring (bicyclic) bond motifs is 1. The summed E-state index contributed by atoms with van der Waals surface area (Å²) in [4.78, 5) is 38.9. The molecule has 2 aromatic heterocycles. The third-order valence-corrected chi connectivity index (χ3v) is 3.51. The minimum Gasteiger partial charge on any atom is -0.493 e. The SMILES string of the molecule is COc1cccn2c(C(=O)NC(CCC(N)=O)C(=O)O)c(C)nc12. The largest absolute Gasteiger partial charge is 0.493 e. The molecular formula is C15H18N4O5. The Morgan fingerprint density at radius 1 is 1.46 bits per heavy atom. The van der Waals surface area contributed by atoms with Gasteiger partial charge < -0.3 is 20.9 Å². The number of ether oxygens (including phenoxy) is 1. The maximum absolute atomic E-state index is 12.5. The minimum absolute atomic E-state index is 0.0878. The number of aliphatic carboxylic acids is 1. The van der Waals surface area contributed by atoms with Crippen LogP contribution in [0.3, 0.4) is 0 Å². The lowest BCUT2D eigenvalue weighted by atomic mass is 10.1. The third-order valence-electron chi connectivity index (χ3n) is 3.51. The predicted molar refractivity (Wildman–Crippen MR) is 83.8 cm³/mol. The summed E-state index contributed by atoms with van der Waals surface area (Å²) in [6.45, 7) is 1.64. The van der Waals surface area contributed by atoms with Crippen LogP contribution < -0.4 is 15.8 Å². The highest BCUT2D eigenvalue weighted by Crippen LogP contribution is 2.21. The first-order valence-corrected chi connectivity index (χ1v) is 7.18. The van der Waals surface area contributed by atoms with Crippen molar-refractivity contribution in [3.05, 3.63) is 29.7 Å². The number of hydrogen-bond donors (Lipinski definition) is 3. The van der Waals surface area contributed by atoms with Crippen molar-refractivity contribution in [3.63, 3.8) is 0 Å². The number of hydrogen-bond acceptors (Lipinski definition) is 5. The lowest BCUT2D eigenvalue weighted by Gasteiger charge is -2.14. The van der Waals surface area contributed by atoms with Crippen LogP contribution in [0.15, 0.2) is 18.3 Å². The Balaban J connectivity index is 2.32. The van der Waals surface area contributed by atoms with Gasteiger partial charge in [-0.15, -0.1) is 0 Å². The van der Waals surface area contributed by atoms with Gasteiger partial charge in [-0.05, 0) is 25.5 Å². The van der Waals surface area contributed by atoms with E-state index in [2.05, 4.69) is 10.3 Å². The average Bonchev–Trinajstić information content (AvgIpc) is 2.86. The second kappa shape index (κ2) is 6.99. The van der Waals surface area contributed by atoms with Crippen LogP contribution in [0, 0.1) is 6.92 Å².